The fraction of sp³-hybridized carbons (Fsp3) is 0.238. The predicted molar refractivity (Wildman–Crippen MR) is 116 cm³/mol. The zero-order valence-corrected chi connectivity index (χ0v) is 17.0. The number of aryl methyl sites for hydroxylation is 1. The molecule has 0 bridgehead atoms. The first-order valence-corrected chi connectivity index (χ1v) is 9.97. The monoisotopic (exact) mass is 418 g/mol. The van der Waals surface area contributed by atoms with E-state index in [1.165, 1.54) is 0 Å². The van der Waals surface area contributed by atoms with Gasteiger partial charge in [-0.25, -0.2) is 4.98 Å². The number of benzene rings is 1. The summed E-state index contributed by atoms with van der Waals surface area (Å²) in [5.41, 5.74) is 1.15. The van der Waals surface area contributed by atoms with Gasteiger partial charge in [-0.15, -0.1) is 0 Å². The number of pyridine rings is 1. The van der Waals surface area contributed by atoms with Crippen molar-refractivity contribution in [1.29, 1.82) is 0 Å². The third-order valence-corrected chi connectivity index (χ3v) is 4.60. The average Bonchev–Trinajstić information content (AvgIpc) is 2.79. The number of nitrogens with one attached hydrogen (secondary N) is 3. The predicted octanol–water partition coefficient (Wildman–Crippen LogP) is 1.76. The van der Waals surface area contributed by atoms with E-state index in [1.54, 1.807) is 18.3 Å². The van der Waals surface area contributed by atoms with Crippen molar-refractivity contribution in [1.82, 2.24) is 25.3 Å². The van der Waals surface area contributed by atoms with Crippen LogP contribution in [0.2, 0.25) is 0 Å². The van der Waals surface area contributed by atoms with Crippen LogP contribution in [0.25, 0.3) is 0 Å². The van der Waals surface area contributed by atoms with Crippen LogP contribution in [0.3, 0.4) is 0 Å². The summed E-state index contributed by atoms with van der Waals surface area (Å²) in [6.07, 6.45) is 2.15. The second-order valence-electron chi connectivity index (χ2n) is 6.88. The van der Waals surface area contributed by atoms with E-state index in [1.807, 2.05) is 42.2 Å². The van der Waals surface area contributed by atoms with Crippen LogP contribution in [-0.4, -0.2) is 51.4 Å². The van der Waals surface area contributed by atoms with Crippen molar-refractivity contribution in [2.45, 2.75) is 13.3 Å². The number of carbonyl (C=O) groups is 2. The Bertz CT molecular complexity index is 1090. The van der Waals surface area contributed by atoms with Gasteiger partial charge in [0.2, 0.25) is 17.8 Å². The summed E-state index contributed by atoms with van der Waals surface area (Å²) in [6, 6.07) is 12.5. The number of nitrogens with zero attached hydrogens (tertiary/aromatic N) is 5. The van der Waals surface area contributed by atoms with Gasteiger partial charge in [0.1, 0.15) is 11.6 Å². The molecule has 1 aliphatic heterocycles. The summed E-state index contributed by atoms with van der Waals surface area (Å²) in [4.78, 5) is 43.6. The van der Waals surface area contributed by atoms with Crippen molar-refractivity contribution >= 4 is 35.2 Å². The molecule has 4 rings (SSSR count). The van der Waals surface area contributed by atoms with E-state index in [0.29, 0.717) is 54.3 Å². The minimum atomic E-state index is -0.249. The molecule has 3 heterocycles. The van der Waals surface area contributed by atoms with Crippen molar-refractivity contribution in [2.75, 3.05) is 35.2 Å². The van der Waals surface area contributed by atoms with Gasteiger partial charge in [-0.2, -0.15) is 15.0 Å². The van der Waals surface area contributed by atoms with Crippen LogP contribution in [0.1, 0.15) is 23.1 Å². The molecule has 0 aliphatic carbocycles. The van der Waals surface area contributed by atoms with E-state index in [9.17, 15) is 9.59 Å². The van der Waals surface area contributed by atoms with Gasteiger partial charge >= 0.3 is 0 Å². The normalized spacial score (nSPS) is 13.5. The third kappa shape index (κ3) is 5.10. The Morgan fingerprint density at radius 1 is 1.16 bits per heavy atom. The van der Waals surface area contributed by atoms with Gasteiger partial charge in [0.05, 0.1) is 6.54 Å². The van der Waals surface area contributed by atoms with Gasteiger partial charge in [-0.1, -0.05) is 25.1 Å². The summed E-state index contributed by atoms with van der Waals surface area (Å²) in [7, 11) is 0. The first-order valence-electron chi connectivity index (χ1n) is 9.97. The largest absolute Gasteiger partial charge is 0.353 e. The van der Waals surface area contributed by atoms with Gasteiger partial charge in [0, 0.05) is 37.0 Å². The lowest BCUT2D eigenvalue weighted by atomic mass is 10.2. The molecule has 31 heavy (non-hydrogen) atoms. The van der Waals surface area contributed by atoms with Gasteiger partial charge in [0.15, 0.2) is 0 Å². The van der Waals surface area contributed by atoms with Crippen LogP contribution in [0.5, 0.6) is 0 Å². The molecule has 3 N–H and O–H groups in total. The van der Waals surface area contributed by atoms with E-state index >= 15 is 0 Å². The molecule has 1 saturated heterocycles. The molecule has 0 atom stereocenters. The maximum Gasteiger partial charge on any atom is 0.255 e. The number of aromatic nitrogens is 4. The molecular formula is C21H22N8O2. The van der Waals surface area contributed by atoms with E-state index in [4.69, 9.17) is 0 Å². The lowest BCUT2D eigenvalue weighted by molar-refractivity contribution is -0.120. The second-order valence-corrected chi connectivity index (χ2v) is 6.88. The standard InChI is InChI=1S/C21H22N8O2/c1-2-16-25-20(28-21(27-16)29-11-10-23-18(30)13-29)26-17-12-14(8-9-22-17)19(31)24-15-6-4-3-5-7-15/h3-9,12H,2,10-11,13H2,1H3,(H,23,30)(H,24,31)(H,22,25,26,27,28). The molecule has 1 aliphatic rings. The molecule has 0 radical (unpaired) electrons. The Morgan fingerprint density at radius 3 is 2.77 bits per heavy atom. The average molecular weight is 418 g/mol. The highest BCUT2D eigenvalue weighted by Crippen LogP contribution is 2.17. The van der Waals surface area contributed by atoms with Crippen LogP contribution in [0.4, 0.5) is 23.4 Å². The van der Waals surface area contributed by atoms with Gasteiger partial charge in [-0.3, -0.25) is 9.59 Å². The third-order valence-electron chi connectivity index (χ3n) is 4.60. The highest BCUT2D eigenvalue weighted by molar-refractivity contribution is 6.04. The Morgan fingerprint density at radius 2 is 2.00 bits per heavy atom. The highest BCUT2D eigenvalue weighted by Gasteiger charge is 2.20. The minimum Gasteiger partial charge on any atom is -0.353 e. The summed E-state index contributed by atoms with van der Waals surface area (Å²) in [5, 5.41) is 8.68. The van der Waals surface area contributed by atoms with E-state index in [-0.39, 0.29) is 18.4 Å². The quantitative estimate of drug-likeness (QED) is 0.553. The number of rotatable bonds is 6. The summed E-state index contributed by atoms with van der Waals surface area (Å²) >= 11 is 0. The Hall–Kier alpha value is -4.08. The van der Waals surface area contributed by atoms with Crippen LogP contribution in [-0.2, 0) is 11.2 Å². The van der Waals surface area contributed by atoms with Gasteiger partial charge in [0.25, 0.3) is 5.91 Å². The fourth-order valence-corrected chi connectivity index (χ4v) is 3.05. The van der Waals surface area contributed by atoms with Crippen molar-refractivity contribution in [2.24, 2.45) is 0 Å². The molecule has 158 valence electrons. The molecule has 0 spiro atoms. The Labute approximate surface area is 179 Å². The van der Waals surface area contributed by atoms with Crippen molar-refractivity contribution in [3.8, 4) is 0 Å². The molecule has 0 unspecified atom stereocenters. The topological polar surface area (TPSA) is 125 Å². The molecule has 0 saturated carbocycles. The molecule has 1 aromatic carbocycles. The number of amides is 2. The maximum absolute atomic E-state index is 12.6. The lowest BCUT2D eigenvalue weighted by Gasteiger charge is -2.26. The summed E-state index contributed by atoms with van der Waals surface area (Å²) in [5.74, 6) is 1.44. The number of anilines is 4. The Balaban J connectivity index is 1.53. The van der Waals surface area contributed by atoms with Crippen LogP contribution in [0.15, 0.2) is 48.7 Å². The van der Waals surface area contributed by atoms with E-state index in [0.717, 1.165) is 0 Å². The molecular weight excluding hydrogens is 396 g/mol. The van der Waals surface area contributed by atoms with Crippen molar-refractivity contribution < 1.29 is 9.59 Å². The summed E-state index contributed by atoms with van der Waals surface area (Å²) in [6.45, 7) is 3.29. The van der Waals surface area contributed by atoms with Crippen LogP contribution >= 0.6 is 0 Å². The molecule has 10 heteroatoms. The zero-order chi connectivity index (χ0) is 21.6. The fourth-order valence-electron chi connectivity index (χ4n) is 3.05. The van der Waals surface area contributed by atoms with Crippen LogP contribution < -0.4 is 20.9 Å². The number of para-hydroxylation sites is 1. The highest BCUT2D eigenvalue weighted by atomic mass is 16.2. The van der Waals surface area contributed by atoms with Gasteiger partial charge in [-0.05, 0) is 24.3 Å². The number of hydrogen-bond acceptors (Lipinski definition) is 8. The molecule has 10 nitrogen and oxygen atoms in total. The molecule has 1 fully saturated rings. The minimum absolute atomic E-state index is 0.0713. The zero-order valence-electron chi connectivity index (χ0n) is 17.0. The Kier molecular flexibility index (Phi) is 5.97. The number of piperazine rings is 1. The van der Waals surface area contributed by atoms with E-state index < -0.39 is 0 Å². The van der Waals surface area contributed by atoms with Gasteiger partial charge < -0.3 is 20.9 Å². The second kappa shape index (κ2) is 9.16. The SMILES string of the molecule is CCc1nc(Nc2cc(C(=O)Nc3ccccc3)ccn2)nc(N2CCNC(=O)C2)n1. The summed E-state index contributed by atoms with van der Waals surface area (Å²) < 4.78 is 0. The number of hydrogen-bond donors (Lipinski definition) is 3. The van der Waals surface area contributed by atoms with Crippen LogP contribution in [0, 0.1) is 0 Å². The van der Waals surface area contributed by atoms with Crippen molar-refractivity contribution in [3.63, 3.8) is 0 Å². The first-order chi connectivity index (χ1) is 15.1. The maximum atomic E-state index is 12.6. The first kappa shape index (κ1) is 20.2. The smallest absolute Gasteiger partial charge is 0.255 e. The molecule has 2 aromatic heterocycles. The molecule has 3 aromatic rings. The lowest BCUT2D eigenvalue weighted by Crippen LogP contribution is -2.48. The molecule has 2 amide bonds. The van der Waals surface area contributed by atoms with Crippen molar-refractivity contribution in [3.05, 3.63) is 60.0 Å². The van der Waals surface area contributed by atoms with E-state index in [2.05, 4.69) is 35.9 Å². The number of carbonyl (C=O) groups excluding carboxylic acids is 2.